The molecule has 7 heteroatoms. The van der Waals surface area contributed by atoms with Crippen LogP contribution in [0.2, 0.25) is 0 Å². The van der Waals surface area contributed by atoms with Crippen molar-refractivity contribution >= 4 is 49.4 Å². The maximum Gasteiger partial charge on any atom is 0.221 e. The summed E-state index contributed by atoms with van der Waals surface area (Å²) in [7, 11) is 0. The first-order valence-electron chi connectivity index (χ1n) is 4.91. The summed E-state index contributed by atoms with van der Waals surface area (Å²) in [5.74, 6) is 0. The van der Waals surface area contributed by atoms with E-state index in [1.807, 2.05) is 13.8 Å². The molecule has 94 valence electrons. The number of rotatable bonds is 4. The number of hydrogen-bond acceptors (Lipinski definition) is 5. The Morgan fingerprint density at radius 3 is 2.62 bits per heavy atom. The van der Waals surface area contributed by atoms with Gasteiger partial charge in [0.15, 0.2) is 6.29 Å². The summed E-state index contributed by atoms with van der Waals surface area (Å²) < 4.78 is 15.8. The van der Waals surface area contributed by atoms with Crippen LogP contribution in [0, 0.1) is 0 Å². The second-order valence-corrected chi connectivity index (χ2v) is 5.41. The minimum absolute atomic E-state index is 0.0856. The molecular weight excluding hydrogens is 442 g/mol. The fraction of sp³-hybridized carbons (Fsp3) is 0.889. The Labute approximate surface area is 122 Å². The molecule has 1 aliphatic rings. The van der Waals surface area contributed by atoms with Crippen molar-refractivity contribution < 1.29 is 22.4 Å². The van der Waals surface area contributed by atoms with Gasteiger partial charge in [-0.1, -0.05) is 0 Å². The van der Waals surface area contributed by atoms with Gasteiger partial charge in [-0.2, -0.15) is 0 Å². The van der Waals surface area contributed by atoms with Gasteiger partial charge in [-0.15, -0.1) is 0 Å². The summed E-state index contributed by atoms with van der Waals surface area (Å²) in [6, 6.07) is 0. The third kappa shape index (κ3) is 4.02. The van der Waals surface area contributed by atoms with E-state index in [0.29, 0.717) is 6.42 Å². The zero-order chi connectivity index (χ0) is 12.3. The Morgan fingerprint density at radius 2 is 2.19 bits per heavy atom. The van der Waals surface area contributed by atoms with Gasteiger partial charge in [0.05, 0.1) is 6.10 Å². The van der Waals surface area contributed by atoms with Gasteiger partial charge >= 0.3 is 0 Å². The van der Waals surface area contributed by atoms with Crippen LogP contribution in [0.4, 0.5) is 0 Å². The third-order valence-corrected chi connectivity index (χ3v) is 3.53. The van der Waals surface area contributed by atoms with E-state index >= 15 is 0 Å². The van der Waals surface area contributed by atoms with Crippen molar-refractivity contribution in [1.82, 2.24) is 0 Å². The lowest BCUT2D eigenvalue weighted by atomic mass is 10.0. The van der Waals surface area contributed by atoms with Crippen LogP contribution >= 0.6 is 45.6 Å². The number of carbonyl (C=O) groups excluding carboxylic acids is 1. The number of aliphatic hydroxyl groups excluding tert-OH is 1. The number of halogens is 2. The second-order valence-electron chi connectivity index (χ2n) is 3.84. The van der Waals surface area contributed by atoms with Crippen molar-refractivity contribution in [2.75, 3.05) is 0 Å². The normalized spacial score (nSPS) is 35.4. The zero-order valence-corrected chi connectivity index (χ0v) is 13.2. The fourth-order valence-electron chi connectivity index (χ4n) is 1.44. The molecule has 0 saturated carbocycles. The standard InChI is InChI=1S/C9H14I2O5/c1-4(2)14-9-7(12)5(16-11)3-6(15-9)8(10)13/h4-7,9,12H,3H2,1-2H3/t5?,6?,7-,9?/m0/s1. The quantitative estimate of drug-likeness (QED) is 0.515. The van der Waals surface area contributed by atoms with Crippen molar-refractivity contribution in [2.24, 2.45) is 0 Å². The molecule has 0 aromatic carbocycles. The van der Waals surface area contributed by atoms with E-state index in [4.69, 9.17) is 12.5 Å². The second kappa shape index (κ2) is 6.78. The van der Waals surface area contributed by atoms with Crippen LogP contribution in [0.3, 0.4) is 0 Å². The number of aliphatic hydroxyl groups is 1. The number of carbonyl (C=O) groups is 1. The molecule has 1 heterocycles. The smallest absolute Gasteiger partial charge is 0.221 e. The molecule has 5 nitrogen and oxygen atoms in total. The predicted octanol–water partition coefficient (Wildman–Crippen LogP) is 1.58. The largest absolute Gasteiger partial charge is 0.385 e. The fourth-order valence-corrected chi connectivity index (χ4v) is 2.35. The van der Waals surface area contributed by atoms with Gasteiger partial charge in [-0.3, -0.25) is 4.79 Å². The summed E-state index contributed by atoms with van der Waals surface area (Å²) in [6.45, 7) is 3.68. The maximum atomic E-state index is 11.3. The first kappa shape index (κ1) is 15.0. The Morgan fingerprint density at radius 1 is 1.56 bits per heavy atom. The van der Waals surface area contributed by atoms with Crippen molar-refractivity contribution in [3.8, 4) is 0 Å². The van der Waals surface area contributed by atoms with Crippen LogP contribution in [-0.2, 0) is 17.3 Å². The van der Waals surface area contributed by atoms with Gasteiger partial charge in [0.2, 0.25) is 3.79 Å². The Balaban J connectivity index is 2.70. The lowest BCUT2D eigenvalue weighted by Gasteiger charge is -2.37. The summed E-state index contributed by atoms with van der Waals surface area (Å²) in [6.07, 6.45) is -2.43. The van der Waals surface area contributed by atoms with E-state index in [9.17, 15) is 9.90 Å². The van der Waals surface area contributed by atoms with Gasteiger partial charge in [0.1, 0.15) is 41.3 Å². The molecule has 4 atom stereocenters. The molecule has 0 amide bonds. The highest BCUT2D eigenvalue weighted by molar-refractivity contribution is 14.1. The highest BCUT2D eigenvalue weighted by atomic mass is 127. The van der Waals surface area contributed by atoms with Crippen molar-refractivity contribution in [3.63, 3.8) is 0 Å². The van der Waals surface area contributed by atoms with Gasteiger partial charge < -0.3 is 17.6 Å². The average Bonchev–Trinajstić information content (AvgIpc) is 2.20. The van der Waals surface area contributed by atoms with Gasteiger partial charge in [0, 0.05) is 29.0 Å². The first-order valence-corrected chi connectivity index (χ1v) is 6.87. The molecule has 1 rings (SSSR count). The molecule has 16 heavy (non-hydrogen) atoms. The molecule has 0 spiro atoms. The SMILES string of the molecule is CC(C)OC1OC(C(=O)I)CC(OI)[C@@H]1O. The van der Waals surface area contributed by atoms with Gasteiger partial charge in [-0.25, -0.2) is 0 Å². The highest BCUT2D eigenvalue weighted by Gasteiger charge is 2.41. The molecule has 1 fully saturated rings. The van der Waals surface area contributed by atoms with Gasteiger partial charge in [-0.05, 0) is 13.8 Å². The van der Waals surface area contributed by atoms with E-state index in [-0.39, 0.29) is 9.89 Å². The molecular formula is C9H14I2O5. The monoisotopic (exact) mass is 456 g/mol. The minimum Gasteiger partial charge on any atom is -0.385 e. The lowest BCUT2D eigenvalue weighted by Crippen LogP contribution is -2.51. The lowest BCUT2D eigenvalue weighted by molar-refractivity contribution is -0.263. The van der Waals surface area contributed by atoms with Crippen molar-refractivity contribution in [2.45, 2.75) is 51.0 Å². The van der Waals surface area contributed by atoms with Crippen LogP contribution in [0.25, 0.3) is 0 Å². The Bertz CT molecular complexity index is 248. The van der Waals surface area contributed by atoms with Crippen LogP contribution in [0.1, 0.15) is 20.3 Å². The van der Waals surface area contributed by atoms with Crippen LogP contribution < -0.4 is 0 Å². The van der Waals surface area contributed by atoms with Crippen molar-refractivity contribution in [3.05, 3.63) is 0 Å². The molecule has 1 aliphatic heterocycles. The first-order chi connectivity index (χ1) is 7.45. The van der Waals surface area contributed by atoms with Crippen LogP contribution in [-0.4, -0.2) is 39.6 Å². The Kier molecular flexibility index (Phi) is 6.37. The summed E-state index contributed by atoms with van der Waals surface area (Å²) in [5, 5.41) is 9.88. The van der Waals surface area contributed by atoms with E-state index < -0.39 is 24.6 Å². The van der Waals surface area contributed by atoms with Gasteiger partial charge in [0.25, 0.3) is 0 Å². The maximum absolute atomic E-state index is 11.3. The minimum atomic E-state index is -0.869. The van der Waals surface area contributed by atoms with E-state index in [2.05, 4.69) is 0 Å². The molecule has 1 saturated heterocycles. The third-order valence-electron chi connectivity index (χ3n) is 2.18. The number of ether oxygens (including phenoxy) is 2. The van der Waals surface area contributed by atoms with Crippen LogP contribution in [0.5, 0.6) is 0 Å². The van der Waals surface area contributed by atoms with Crippen LogP contribution in [0.15, 0.2) is 0 Å². The van der Waals surface area contributed by atoms with Crippen molar-refractivity contribution in [1.29, 1.82) is 0 Å². The molecule has 0 aromatic heterocycles. The molecule has 1 N–H and O–H groups in total. The highest BCUT2D eigenvalue weighted by Crippen LogP contribution is 2.27. The average molecular weight is 456 g/mol. The molecule has 3 unspecified atom stereocenters. The predicted molar refractivity (Wildman–Crippen MR) is 73.4 cm³/mol. The summed E-state index contributed by atoms with van der Waals surface area (Å²) in [4.78, 5) is 11.3. The Hall–Kier alpha value is 0.970. The van der Waals surface area contributed by atoms with E-state index in [1.165, 1.54) is 0 Å². The van der Waals surface area contributed by atoms with E-state index in [1.54, 1.807) is 45.6 Å². The molecule has 0 aliphatic carbocycles. The summed E-state index contributed by atoms with van der Waals surface area (Å²) >= 11 is 3.39. The number of hydrogen-bond donors (Lipinski definition) is 1. The molecule has 0 radical (unpaired) electrons. The molecule has 0 bridgehead atoms. The summed E-state index contributed by atoms with van der Waals surface area (Å²) in [5.41, 5.74) is 0. The molecule has 0 aromatic rings. The van der Waals surface area contributed by atoms with E-state index in [0.717, 1.165) is 0 Å². The zero-order valence-electron chi connectivity index (χ0n) is 8.93. The topological polar surface area (TPSA) is 65.0 Å².